The fourth-order valence-corrected chi connectivity index (χ4v) is 4.40. The minimum atomic E-state index is -4.62. The van der Waals surface area contributed by atoms with Crippen molar-refractivity contribution in [2.75, 3.05) is 5.75 Å². The Morgan fingerprint density at radius 1 is 1.15 bits per heavy atom. The lowest BCUT2D eigenvalue weighted by Gasteiger charge is -2.17. The number of pyridine rings is 1. The van der Waals surface area contributed by atoms with Crippen molar-refractivity contribution in [2.24, 2.45) is 5.73 Å². The molecule has 1 unspecified atom stereocenters. The molecular formula is C23H18F3N3O3S. The molecule has 10 heteroatoms. The van der Waals surface area contributed by atoms with Gasteiger partial charge in [-0.25, -0.2) is 0 Å². The van der Waals surface area contributed by atoms with Crippen molar-refractivity contribution in [3.8, 4) is 11.8 Å². The Hall–Kier alpha value is -3.71. The van der Waals surface area contributed by atoms with E-state index in [1.807, 2.05) is 6.07 Å². The lowest BCUT2D eigenvalue weighted by Crippen LogP contribution is -2.31. The number of amides is 1. The Morgan fingerprint density at radius 2 is 1.82 bits per heavy atom. The number of nitrogens with two attached hydrogens (primary N) is 1. The van der Waals surface area contributed by atoms with Gasteiger partial charge in [-0.2, -0.15) is 18.4 Å². The Morgan fingerprint density at radius 3 is 2.39 bits per heavy atom. The van der Waals surface area contributed by atoms with Crippen molar-refractivity contribution in [1.29, 1.82) is 5.26 Å². The summed E-state index contributed by atoms with van der Waals surface area (Å²) in [6.45, 7) is 1.53. The van der Waals surface area contributed by atoms with Gasteiger partial charge in [0.05, 0.1) is 28.0 Å². The standard InChI is InChI=1S/C23H18F3N3O3S/c1-14-16(9-10-33(32)19-7-5-15(13-27)6-8-19)11-20(21(28)30)22(31)29(14)18-4-2-3-17(12-18)23(24,25)26/h2-8,11-12H,9-10H2,1H3,(H2,28,30). The SMILES string of the molecule is Cc1c(CCS(=O)c2ccc(C#N)cc2)cc(C(N)=O)c(=O)n1-c1cccc(C(F)(F)F)c1. The van der Waals surface area contributed by atoms with E-state index in [0.717, 1.165) is 16.7 Å². The van der Waals surface area contributed by atoms with Crippen LogP contribution in [0.2, 0.25) is 0 Å². The number of benzene rings is 2. The molecule has 2 N–H and O–H groups in total. The zero-order valence-electron chi connectivity index (χ0n) is 17.3. The maximum absolute atomic E-state index is 13.2. The molecule has 33 heavy (non-hydrogen) atoms. The van der Waals surface area contributed by atoms with Gasteiger partial charge in [-0.3, -0.25) is 18.4 Å². The van der Waals surface area contributed by atoms with Gasteiger partial charge in [-0.1, -0.05) is 6.07 Å². The lowest BCUT2D eigenvalue weighted by atomic mass is 10.1. The second-order valence-electron chi connectivity index (χ2n) is 7.16. The van der Waals surface area contributed by atoms with Gasteiger partial charge >= 0.3 is 6.18 Å². The van der Waals surface area contributed by atoms with Crippen molar-refractivity contribution >= 4 is 16.7 Å². The van der Waals surface area contributed by atoms with Crippen molar-refractivity contribution in [1.82, 2.24) is 4.57 Å². The van der Waals surface area contributed by atoms with E-state index < -0.39 is 34.0 Å². The number of primary amides is 1. The third kappa shape index (κ3) is 5.21. The molecule has 0 aliphatic heterocycles. The maximum atomic E-state index is 13.2. The normalized spacial score (nSPS) is 12.2. The summed E-state index contributed by atoms with van der Waals surface area (Å²) in [4.78, 5) is 25.2. The highest BCUT2D eigenvalue weighted by molar-refractivity contribution is 7.85. The van der Waals surface area contributed by atoms with Crippen molar-refractivity contribution in [3.05, 3.63) is 92.9 Å². The van der Waals surface area contributed by atoms with Gasteiger partial charge < -0.3 is 5.73 Å². The lowest BCUT2D eigenvalue weighted by molar-refractivity contribution is -0.137. The largest absolute Gasteiger partial charge is 0.416 e. The molecule has 0 aliphatic rings. The van der Waals surface area contributed by atoms with Crippen molar-refractivity contribution in [3.63, 3.8) is 0 Å². The fourth-order valence-electron chi connectivity index (χ4n) is 3.32. The Bertz CT molecular complexity index is 1340. The maximum Gasteiger partial charge on any atom is 0.416 e. The molecule has 0 saturated carbocycles. The van der Waals surface area contributed by atoms with Crippen LogP contribution < -0.4 is 11.3 Å². The molecule has 1 aromatic heterocycles. The number of carbonyl (C=O) groups is 1. The van der Waals surface area contributed by atoms with E-state index in [1.54, 1.807) is 12.1 Å². The molecule has 1 amide bonds. The van der Waals surface area contributed by atoms with E-state index >= 15 is 0 Å². The summed E-state index contributed by atoms with van der Waals surface area (Å²) < 4.78 is 53.2. The third-order valence-corrected chi connectivity index (χ3v) is 6.43. The van der Waals surface area contributed by atoms with Gasteiger partial charge in [0.2, 0.25) is 0 Å². The van der Waals surface area contributed by atoms with E-state index in [4.69, 9.17) is 11.0 Å². The second kappa shape index (κ2) is 9.42. The van der Waals surface area contributed by atoms with Gasteiger partial charge in [0, 0.05) is 22.0 Å². The minimum Gasteiger partial charge on any atom is -0.365 e. The van der Waals surface area contributed by atoms with Crippen LogP contribution in [0, 0.1) is 18.3 Å². The summed E-state index contributed by atoms with van der Waals surface area (Å²) in [6, 6.07) is 13.7. The van der Waals surface area contributed by atoms with E-state index in [-0.39, 0.29) is 23.4 Å². The molecule has 0 radical (unpaired) electrons. The van der Waals surface area contributed by atoms with Crippen molar-refractivity contribution < 1.29 is 22.2 Å². The summed E-state index contributed by atoms with van der Waals surface area (Å²) in [5.74, 6) is -0.902. The quantitative estimate of drug-likeness (QED) is 0.592. The first-order chi connectivity index (χ1) is 15.5. The summed E-state index contributed by atoms with van der Waals surface area (Å²) in [6.07, 6.45) is -4.45. The number of aryl methyl sites for hydroxylation is 1. The fraction of sp³-hybridized carbons (Fsp3) is 0.174. The zero-order chi connectivity index (χ0) is 24.3. The third-order valence-electron chi connectivity index (χ3n) is 5.05. The van der Waals surface area contributed by atoms with Crippen LogP contribution in [-0.4, -0.2) is 20.4 Å². The van der Waals surface area contributed by atoms with E-state index in [1.165, 1.54) is 37.3 Å². The topological polar surface area (TPSA) is 106 Å². The highest BCUT2D eigenvalue weighted by Gasteiger charge is 2.31. The molecule has 3 rings (SSSR count). The Kier molecular flexibility index (Phi) is 6.84. The smallest absolute Gasteiger partial charge is 0.365 e. The molecular weight excluding hydrogens is 455 g/mol. The Labute approximate surface area is 189 Å². The number of rotatable bonds is 6. The molecule has 0 spiro atoms. The number of nitriles is 1. The van der Waals surface area contributed by atoms with Crippen molar-refractivity contribution in [2.45, 2.75) is 24.4 Å². The van der Waals surface area contributed by atoms with E-state index in [9.17, 15) is 27.0 Å². The molecule has 0 saturated heterocycles. The molecule has 6 nitrogen and oxygen atoms in total. The van der Waals surface area contributed by atoms with Crippen LogP contribution in [-0.2, 0) is 23.4 Å². The summed E-state index contributed by atoms with van der Waals surface area (Å²) in [5.41, 5.74) is 4.29. The summed E-state index contributed by atoms with van der Waals surface area (Å²) in [5, 5.41) is 8.87. The number of alkyl halides is 3. The molecule has 3 aromatic rings. The van der Waals surface area contributed by atoms with Gasteiger partial charge in [0.25, 0.3) is 11.5 Å². The van der Waals surface area contributed by atoms with Gasteiger partial charge in [-0.15, -0.1) is 0 Å². The first-order valence-electron chi connectivity index (χ1n) is 9.64. The van der Waals surface area contributed by atoms with Crippen LogP contribution in [0.1, 0.15) is 32.7 Å². The summed E-state index contributed by atoms with van der Waals surface area (Å²) in [7, 11) is -1.45. The number of hydrogen-bond acceptors (Lipinski definition) is 4. The number of aromatic nitrogens is 1. The van der Waals surface area contributed by atoms with Crippen LogP contribution in [0.3, 0.4) is 0 Å². The van der Waals surface area contributed by atoms with E-state index in [2.05, 4.69) is 0 Å². The number of halogens is 3. The monoisotopic (exact) mass is 473 g/mol. The van der Waals surface area contributed by atoms with Gasteiger partial charge in [-0.05, 0) is 67.4 Å². The molecule has 0 bridgehead atoms. The number of carbonyl (C=O) groups excluding carboxylic acids is 1. The predicted octanol–water partition coefficient (Wildman–Crippen LogP) is 3.49. The van der Waals surface area contributed by atoms with Gasteiger partial charge in [0.1, 0.15) is 5.56 Å². The second-order valence-corrected chi connectivity index (χ2v) is 8.73. The van der Waals surface area contributed by atoms with Crippen LogP contribution in [0.5, 0.6) is 0 Å². The zero-order valence-corrected chi connectivity index (χ0v) is 18.2. The van der Waals surface area contributed by atoms with Crippen LogP contribution in [0.4, 0.5) is 13.2 Å². The first kappa shape index (κ1) is 23.9. The first-order valence-corrected chi connectivity index (χ1v) is 11.0. The molecule has 1 heterocycles. The highest BCUT2D eigenvalue weighted by atomic mass is 32.2. The average molecular weight is 473 g/mol. The highest BCUT2D eigenvalue weighted by Crippen LogP contribution is 2.30. The van der Waals surface area contributed by atoms with Gasteiger partial charge in [0.15, 0.2) is 0 Å². The van der Waals surface area contributed by atoms with Crippen LogP contribution in [0.15, 0.2) is 64.3 Å². The number of hydrogen-bond donors (Lipinski definition) is 1. The van der Waals surface area contributed by atoms with Crippen LogP contribution >= 0.6 is 0 Å². The molecule has 0 fully saturated rings. The Balaban J connectivity index is 2.02. The van der Waals surface area contributed by atoms with E-state index in [0.29, 0.717) is 21.7 Å². The average Bonchev–Trinajstić information content (AvgIpc) is 2.78. The predicted molar refractivity (Wildman–Crippen MR) is 116 cm³/mol. The summed E-state index contributed by atoms with van der Waals surface area (Å²) >= 11 is 0. The molecule has 2 aromatic carbocycles. The minimum absolute atomic E-state index is 0.0649. The number of nitrogens with zero attached hydrogens (tertiary/aromatic N) is 2. The molecule has 0 aliphatic carbocycles. The molecule has 1 atom stereocenters. The van der Waals surface area contributed by atoms with Crippen LogP contribution in [0.25, 0.3) is 5.69 Å². The molecule has 170 valence electrons.